The van der Waals surface area contributed by atoms with Crippen LogP contribution in [-0.4, -0.2) is 35.0 Å². The van der Waals surface area contributed by atoms with Crippen molar-refractivity contribution >= 4 is 11.9 Å². The van der Waals surface area contributed by atoms with Gasteiger partial charge in [-0.15, -0.1) is 0 Å². The van der Waals surface area contributed by atoms with Crippen molar-refractivity contribution < 1.29 is 14.3 Å². The summed E-state index contributed by atoms with van der Waals surface area (Å²) in [6.45, 7) is 1.88. The summed E-state index contributed by atoms with van der Waals surface area (Å²) in [5.74, 6) is -0.690. The van der Waals surface area contributed by atoms with Crippen molar-refractivity contribution in [3.8, 4) is 0 Å². The topological polar surface area (TPSA) is 81.2 Å². The third kappa shape index (κ3) is 4.18. The fraction of sp³-hybridized carbons (Fsp3) is 0.455. The van der Waals surface area contributed by atoms with Crippen molar-refractivity contribution in [1.29, 1.82) is 0 Å². The van der Waals surface area contributed by atoms with E-state index in [2.05, 4.69) is 20.0 Å². The van der Waals surface area contributed by atoms with Crippen molar-refractivity contribution in [2.24, 2.45) is 0 Å². The van der Waals surface area contributed by atoms with Gasteiger partial charge in [0.25, 0.3) is 5.91 Å². The molecule has 1 N–H and O–H groups in total. The lowest BCUT2D eigenvalue weighted by atomic mass is 10.1. The second-order valence-corrected chi connectivity index (χ2v) is 3.45. The standard InChI is InChI=1S/C11H15N3O3/c1-3-8(6-10(15)17-2)14-11(16)9-7-12-4-5-13-9/h4-5,7-8H,3,6H2,1-2H3,(H,14,16). The van der Waals surface area contributed by atoms with E-state index in [1.165, 1.54) is 25.7 Å². The summed E-state index contributed by atoms with van der Waals surface area (Å²) >= 11 is 0. The van der Waals surface area contributed by atoms with E-state index in [4.69, 9.17) is 0 Å². The molecule has 1 aromatic heterocycles. The molecule has 1 amide bonds. The first kappa shape index (κ1) is 13.1. The van der Waals surface area contributed by atoms with Crippen LogP contribution in [0.3, 0.4) is 0 Å². The lowest BCUT2D eigenvalue weighted by Gasteiger charge is -2.14. The van der Waals surface area contributed by atoms with Gasteiger partial charge in [0.1, 0.15) is 5.69 Å². The van der Waals surface area contributed by atoms with Gasteiger partial charge in [0.2, 0.25) is 0 Å². The smallest absolute Gasteiger partial charge is 0.307 e. The minimum absolute atomic E-state index is 0.152. The highest BCUT2D eigenvalue weighted by Crippen LogP contribution is 2.01. The molecule has 0 saturated carbocycles. The third-order valence-corrected chi connectivity index (χ3v) is 2.26. The zero-order valence-corrected chi connectivity index (χ0v) is 9.84. The zero-order chi connectivity index (χ0) is 12.7. The molecule has 0 fully saturated rings. The maximum Gasteiger partial charge on any atom is 0.307 e. The second kappa shape index (κ2) is 6.57. The monoisotopic (exact) mass is 237 g/mol. The summed E-state index contributed by atoms with van der Waals surface area (Å²) in [6.07, 6.45) is 5.10. The first-order valence-corrected chi connectivity index (χ1v) is 5.31. The van der Waals surface area contributed by atoms with Crippen LogP contribution in [0.2, 0.25) is 0 Å². The number of amides is 1. The molecular formula is C11H15N3O3. The number of carbonyl (C=O) groups excluding carboxylic acids is 2. The number of rotatable bonds is 5. The molecule has 6 nitrogen and oxygen atoms in total. The predicted octanol–water partition coefficient (Wildman–Crippen LogP) is 0.548. The number of esters is 1. The van der Waals surface area contributed by atoms with Gasteiger partial charge in [-0.05, 0) is 6.42 Å². The highest BCUT2D eigenvalue weighted by atomic mass is 16.5. The molecule has 92 valence electrons. The van der Waals surface area contributed by atoms with Gasteiger partial charge in [-0.1, -0.05) is 6.92 Å². The van der Waals surface area contributed by atoms with Crippen molar-refractivity contribution in [3.05, 3.63) is 24.3 Å². The molecular weight excluding hydrogens is 222 g/mol. The van der Waals surface area contributed by atoms with E-state index in [1.54, 1.807) is 0 Å². The minimum Gasteiger partial charge on any atom is -0.469 e. The Bertz CT molecular complexity index is 381. The van der Waals surface area contributed by atoms with E-state index in [0.29, 0.717) is 6.42 Å². The number of aromatic nitrogens is 2. The Balaban J connectivity index is 2.57. The quantitative estimate of drug-likeness (QED) is 0.756. The van der Waals surface area contributed by atoms with Crippen LogP contribution >= 0.6 is 0 Å². The van der Waals surface area contributed by atoms with Gasteiger partial charge in [-0.3, -0.25) is 14.6 Å². The molecule has 0 saturated heterocycles. The van der Waals surface area contributed by atoms with Crippen LogP contribution in [0, 0.1) is 0 Å². The average molecular weight is 237 g/mol. The van der Waals surface area contributed by atoms with E-state index < -0.39 is 0 Å². The zero-order valence-electron chi connectivity index (χ0n) is 9.84. The van der Waals surface area contributed by atoms with Crippen LogP contribution in [0.4, 0.5) is 0 Å². The number of methoxy groups -OCH3 is 1. The Hall–Kier alpha value is -1.98. The SMILES string of the molecule is CCC(CC(=O)OC)NC(=O)c1cnccn1. The molecule has 0 radical (unpaired) electrons. The first-order valence-electron chi connectivity index (χ1n) is 5.31. The van der Waals surface area contributed by atoms with Gasteiger partial charge < -0.3 is 10.1 Å². The van der Waals surface area contributed by atoms with E-state index in [-0.39, 0.29) is 30.0 Å². The fourth-order valence-corrected chi connectivity index (χ4v) is 1.26. The van der Waals surface area contributed by atoms with Crippen molar-refractivity contribution in [2.45, 2.75) is 25.8 Å². The first-order chi connectivity index (χ1) is 8.17. The predicted molar refractivity (Wildman–Crippen MR) is 60.2 cm³/mol. The maximum atomic E-state index is 11.7. The van der Waals surface area contributed by atoms with Gasteiger partial charge in [0, 0.05) is 18.4 Å². The summed E-state index contributed by atoms with van der Waals surface area (Å²) in [4.78, 5) is 30.5. The lowest BCUT2D eigenvalue weighted by molar-refractivity contribution is -0.141. The van der Waals surface area contributed by atoms with Crippen LogP contribution in [0.25, 0.3) is 0 Å². The largest absolute Gasteiger partial charge is 0.469 e. The molecule has 1 rings (SSSR count). The number of carbonyl (C=O) groups is 2. The molecule has 17 heavy (non-hydrogen) atoms. The van der Waals surface area contributed by atoms with Crippen LogP contribution < -0.4 is 5.32 Å². The van der Waals surface area contributed by atoms with Gasteiger partial charge in [-0.2, -0.15) is 0 Å². The summed E-state index contributed by atoms with van der Waals surface area (Å²) in [5, 5.41) is 2.71. The van der Waals surface area contributed by atoms with Crippen LogP contribution in [0.1, 0.15) is 30.3 Å². The Labute approximate surface area is 99.4 Å². The van der Waals surface area contributed by atoms with Gasteiger partial charge in [0.15, 0.2) is 0 Å². The Morgan fingerprint density at radius 2 is 2.24 bits per heavy atom. The van der Waals surface area contributed by atoms with Crippen molar-refractivity contribution in [3.63, 3.8) is 0 Å². The summed E-state index contributed by atoms with van der Waals surface area (Å²) in [5.41, 5.74) is 0.232. The molecule has 1 unspecified atom stereocenters. The van der Waals surface area contributed by atoms with Crippen LogP contribution in [0.15, 0.2) is 18.6 Å². The summed E-state index contributed by atoms with van der Waals surface area (Å²) in [6, 6.07) is -0.253. The molecule has 0 aliphatic rings. The van der Waals surface area contributed by atoms with Crippen LogP contribution in [0.5, 0.6) is 0 Å². The highest BCUT2D eigenvalue weighted by Gasteiger charge is 2.16. The van der Waals surface area contributed by atoms with Gasteiger partial charge >= 0.3 is 5.97 Å². The number of hydrogen-bond donors (Lipinski definition) is 1. The number of nitrogens with zero attached hydrogens (tertiary/aromatic N) is 2. The Morgan fingerprint density at radius 3 is 2.76 bits per heavy atom. The fourth-order valence-electron chi connectivity index (χ4n) is 1.26. The molecule has 0 spiro atoms. The van der Waals surface area contributed by atoms with E-state index in [1.807, 2.05) is 6.92 Å². The number of nitrogens with one attached hydrogen (secondary N) is 1. The highest BCUT2D eigenvalue weighted by molar-refractivity contribution is 5.92. The van der Waals surface area contributed by atoms with Gasteiger partial charge in [-0.25, -0.2) is 4.98 Å². The Morgan fingerprint density at radius 1 is 1.47 bits per heavy atom. The molecule has 1 heterocycles. The molecule has 1 aromatic rings. The molecule has 0 bridgehead atoms. The minimum atomic E-state index is -0.351. The maximum absolute atomic E-state index is 11.7. The molecule has 0 aliphatic carbocycles. The van der Waals surface area contributed by atoms with Crippen molar-refractivity contribution in [1.82, 2.24) is 15.3 Å². The van der Waals surface area contributed by atoms with Crippen LogP contribution in [-0.2, 0) is 9.53 Å². The lowest BCUT2D eigenvalue weighted by Crippen LogP contribution is -2.36. The summed E-state index contributed by atoms with van der Waals surface area (Å²) in [7, 11) is 1.32. The van der Waals surface area contributed by atoms with Crippen molar-refractivity contribution in [2.75, 3.05) is 7.11 Å². The second-order valence-electron chi connectivity index (χ2n) is 3.45. The van der Waals surface area contributed by atoms with E-state index in [0.717, 1.165) is 0 Å². The third-order valence-electron chi connectivity index (χ3n) is 2.26. The normalized spacial score (nSPS) is 11.6. The molecule has 1 atom stereocenters. The summed E-state index contributed by atoms with van der Waals surface area (Å²) < 4.78 is 4.55. The van der Waals surface area contributed by atoms with E-state index in [9.17, 15) is 9.59 Å². The number of ether oxygens (including phenoxy) is 1. The molecule has 6 heteroatoms. The Kier molecular flexibility index (Phi) is 5.06. The molecule has 0 aliphatic heterocycles. The average Bonchev–Trinajstić information content (AvgIpc) is 2.38. The van der Waals surface area contributed by atoms with Gasteiger partial charge in [0.05, 0.1) is 19.7 Å². The van der Waals surface area contributed by atoms with E-state index >= 15 is 0 Å². The molecule has 0 aromatic carbocycles. The number of hydrogen-bond acceptors (Lipinski definition) is 5.